The molecule has 1 amide bonds. The Balaban J connectivity index is 1.51. The molecule has 1 aromatic heterocycles. The molecular formula is C22H30ClN5O. The largest absolute Gasteiger partial charge is 0.354 e. The zero-order valence-corrected chi connectivity index (χ0v) is 18.4. The summed E-state index contributed by atoms with van der Waals surface area (Å²) >= 11 is 6.05. The van der Waals surface area contributed by atoms with Crippen LogP contribution < -0.4 is 10.2 Å². The molecule has 2 heterocycles. The third kappa shape index (κ3) is 5.90. The number of aryl methyl sites for hydroxylation is 1. The van der Waals surface area contributed by atoms with E-state index in [1.807, 2.05) is 44.2 Å². The number of hydrogen-bond donors (Lipinski definition) is 1. The van der Waals surface area contributed by atoms with Crippen LogP contribution in [0.1, 0.15) is 49.8 Å². The lowest BCUT2D eigenvalue weighted by Crippen LogP contribution is -2.50. The molecule has 156 valence electrons. The Hall–Kier alpha value is -2.18. The second kappa shape index (κ2) is 9.55. The van der Waals surface area contributed by atoms with Crippen LogP contribution in [0, 0.1) is 6.92 Å². The minimum atomic E-state index is -0.0686. The van der Waals surface area contributed by atoms with E-state index in [1.54, 1.807) is 0 Å². The average molecular weight is 416 g/mol. The van der Waals surface area contributed by atoms with E-state index in [0.29, 0.717) is 17.5 Å². The SMILES string of the molecule is Cc1cc(N2CCN(CC(=O)N[C@@H](C)c3cccc(Cl)c3)CC2)nc(C(C)C)n1. The van der Waals surface area contributed by atoms with Crippen molar-refractivity contribution in [1.82, 2.24) is 20.2 Å². The number of carbonyl (C=O) groups excluding carboxylic acids is 1. The van der Waals surface area contributed by atoms with Crippen molar-refractivity contribution in [2.24, 2.45) is 0 Å². The van der Waals surface area contributed by atoms with Crippen molar-refractivity contribution in [3.63, 3.8) is 0 Å². The van der Waals surface area contributed by atoms with Crippen LogP contribution in [0.25, 0.3) is 0 Å². The maximum atomic E-state index is 12.5. The predicted octanol–water partition coefficient (Wildman–Crippen LogP) is 3.56. The number of anilines is 1. The highest BCUT2D eigenvalue weighted by atomic mass is 35.5. The van der Waals surface area contributed by atoms with Crippen LogP contribution in [0.5, 0.6) is 0 Å². The molecule has 0 spiro atoms. The molecular weight excluding hydrogens is 386 g/mol. The Labute approximate surface area is 178 Å². The number of rotatable bonds is 6. The molecule has 0 bridgehead atoms. The average Bonchev–Trinajstić information content (AvgIpc) is 2.68. The van der Waals surface area contributed by atoms with Gasteiger partial charge in [-0.1, -0.05) is 37.6 Å². The van der Waals surface area contributed by atoms with Gasteiger partial charge in [-0.05, 0) is 31.5 Å². The van der Waals surface area contributed by atoms with Crippen molar-refractivity contribution in [2.45, 2.75) is 39.7 Å². The summed E-state index contributed by atoms with van der Waals surface area (Å²) in [6.45, 7) is 12.0. The van der Waals surface area contributed by atoms with Crippen molar-refractivity contribution < 1.29 is 4.79 Å². The van der Waals surface area contributed by atoms with Crippen molar-refractivity contribution in [3.8, 4) is 0 Å². The molecule has 1 atom stereocenters. The Morgan fingerprint density at radius 3 is 2.52 bits per heavy atom. The fourth-order valence-electron chi connectivity index (χ4n) is 3.48. The van der Waals surface area contributed by atoms with Crippen molar-refractivity contribution in [2.75, 3.05) is 37.6 Å². The molecule has 29 heavy (non-hydrogen) atoms. The summed E-state index contributed by atoms with van der Waals surface area (Å²) < 4.78 is 0. The molecule has 2 aromatic rings. The molecule has 1 aliphatic heterocycles. The number of aromatic nitrogens is 2. The summed E-state index contributed by atoms with van der Waals surface area (Å²) in [5, 5.41) is 3.75. The maximum absolute atomic E-state index is 12.5. The van der Waals surface area contributed by atoms with Gasteiger partial charge in [0.15, 0.2) is 0 Å². The number of piperazine rings is 1. The molecule has 7 heteroatoms. The first-order valence-electron chi connectivity index (χ1n) is 10.2. The van der Waals surface area contributed by atoms with Crippen molar-refractivity contribution in [1.29, 1.82) is 0 Å². The lowest BCUT2D eigenvalue weighted by Gasteiger charge is -2.35. The van der Waals surface area contributed by atoms with Gasteiger partial charge in [0, 0.05) is 48.9 Å². The number of amides is 1. The van der Waals surface area contributed by atoms with E-state index in [1.165, 1.54) is 0 Å². The normalized spacial score (nSPS) is 16.1. The summed E-state index contributed by atoms with van der Waals surface area (Å²) in [6, 6.07) is 9.58. The van der Waals surface area contributed by atoms with Gasteiger partial charge in [-0.2, -0.15) is 0 Å². The molecule has 1 aromatic carbocycles. The number of hydrogen-bond acceptors (Lipinski definition) is 5. The van der Waals surface area contributed by atoms with Crippen LogP contribution in [0.3, 0.4) is 0 Å². The molecule has 1 fully saturated rings. The fraction of sp³-hybridized carbons (Fsp3) is 0.500. The van der Waals surface area contributed by atoms with E-state index >= 15 is 0 Å². The highest BCUT2D eigenvalue weighted by molar-refractivity contribution is 6.30. The summed E-state index contributed by atoms with van der Waals surface area (Å²) in [5.74, 6) is 2.21. The van der Waals surface area contributed by atoms with Gasteiger partial charge in [-0.25, -0.2) is 9.97 Å². The highest BCUT2D eigenvalue weighted by Crippen LogP contribution is 2.19. The minimum absolute atomic E-state index is 0.0332. The first kappa shape index (κ1) is 21.5. The quantitative estimate of drug-likeness (QED) is 0.781. The summed E-state index contributed by atoms with van der Waals surface area (Å²) in [4.78, 5) is 26.2. The molecule has 3 rings (SSSR count). The first-order valence-corrected chi connectivity index (χ1v) is 10.6. The van der Waals surface area contributed by atoms with Gasteiger partial charge >= 0.3 is 0 Å². The molecule has 1 aliphatic rings. The van der Waals surface area contributed by atoms with Crippen LogP contribution in [0.2, 0.25) is 5.02 Å². The topological polar surface area (TPSA) is 61.4 Å². The number of benzene rings is 1. The van der Waals surface area contributed by atoms with E-state index in [2.05, 4.69) is 33.9 Å². The lowest BCUT2D eigenvalue weighted by atomic mass is 10.1. The van der Waals surface area contributed by atoms with E-state index in [0.717, 1.165) is 49.1 Å². The number of nitrogens with zero attached hydrogens (tertiary/aromatic N) is 4. The minimum Gasteiger partial charge on any atom is -0.354 e. The Bertz CT molecular complexity index is 849. The molecule has 1 N–H and O–H groups in total. The van der Waals surface area contributed by atoms with Gasteiger partial charge in [0.2, 0.25) is 5.91 Å². The molecule has 6 nitrogen and oxygen atoms in total. The Morgan fingerprint density at radius 2 is 1.86 bits per heavy atom. The molecule has 0 unspecified atom stereocenters. The molecule has 0 radical (unpaired) electrons. The number of nitrogens with one attached hydrogen (secondary N) is 1. The fourth-order valence-corrected chi connectivity index (χ4v) is 3.68. The van der Waals surface area contributed by atoms with Crippen LogP contribution in [-0.2, 0) is 4.79 Å². The second-order valence-corrected chi connectivity index (χ2v) is 8.42. The monoisotopic (exact) mass is 415 g/mol. The van der Waals surface area contributed by atoms with Crippen molar-refractivity contribution >= 4 is 23.3 Å². The molecule has 1 saturated heterocycles. The third-order valence-corrected chi connectivity index (χ3v) is 5.40. The summed E-state index contributed by atoms with van der Waals surface area (Å²) in [5.41, 5.74) is 2.01. The Morgan fingerprint density at radius 1 is 1.14 bits per heavy atom. The van der Waals surface area contributed by atoms with Crippen LogP contribution >= 0.6 is 11.6 Å². The lowest BCUT2D eigenvalue weighted by molar-refractivity contribution is -0.123. The van der Waals surface area contributed by atoms with Gasteiger partial charge in [0.25, 0.3) is 0 Å². The summed E-state index contributed by atoms with van der Waals surface area (Å²) in [6.07, 6.45) is 0. The van der Waals surface area contributed by atoms with Gasteiger partial charge in [0.1, 0.15) is 11.6 Å². The summed E-state index contributed by atoms with van der Waals surface area (Å²) in [7, 11) is 0. The smallest absolute Gasteiger partial charge is 0.234 e. The van der Waals surface area contributed by atoms with Crippen LogP contribution in [0.15, 0.2) is 30.3 Å². The molecule has 0 saturated carbocycles. The van der Waals surface area contributed by atoms with E-state index < -0.39 is 0 Å². The zero-order chi connectivity index (χ0) is 21.0. The predicted molar refractivity (Wildman–Crippen MR) is 118 cm³/mol. The van der Waals surface area contributed by atoms with Gasteiger partial charge in [0.05, 0.1) is 12.6 Å². The molecule has 0 aliphatic carbocycles. The third-order valence-electron chi connectivity index (χ3n) is 5.16. The van der Waals surface area contributed by atoms with Crippen LogP contribution in [0.4, 0.5) is 5.82 Å². The van der Waals surface area contributed by atoms with Gasteiger partial charge in [-0.15, -0.1) is 0 Å². The van der Waals surface area contributed by atoms with E-state index in [9.17, 15) is 4.79 Å². The van der Waals surface area contributed by atoms with E-state index in [4.69, 9.17) is 16.6 Å². The maximum Gasteiger partial charge on any atom is 0.234 e. The first-order chi connectivity index (χ1) is 13.8. The van der Waals surface area contributed by atoms with E-state index in [-0.39, 0.29) is 11.9 Å². The van der Waals surface area contributed by atoms with Gasteiger partial charge in [-0.3, -0.25) is 9.69 Å². The second-order valence-electron chi connectivity index (χ2n) is 7.99. The highest BCUT2D eigenvalue weighted by Gasteiger charge is 2.21. The standard InChI is InChI=1S/C22H30ClN5O/c1-15(2)22-24-16(3)12-20(26-22)28-10-8-27(9-11-28)14-21(29)25-17(4)18-6-5-7-19(23)13-18/h5-7,12-13,15,17H,8-11,14H2,1-4H3,(H,25,29)/t17-/m0/s1. The number of carbonyl (C=O) groups is 1. The zero-order valence-electron chi connectivity index (χ0n) is 17.7. The van der Waals surface area contributed by atoms with Crippen molar-refractivity contribution in [3.05, 3.63) is 52.4 Å². The van der Waals surface area contributed by atoms with Crippen LogP contribution in [-0.4, -0.2) is 53.5 Å². The Kier molecular flexibility index (Phi) is 7.09. The van der Waals surface area contributed by atoms with Gasteiger partial charge < -0.3 is 10.2 Å². The number of halogens is 1.